The summed E-state index contributed by atoms with van der Waals surface area (Å²) in [6.07, 6.45) is 0. The first-order chi connectivity index (χ1) is 9.65. The van der Waals surface area contributed by atoms with Crippen LogP contribution in [0.4, 0.5) is 10.1 Å². The van der Waals surface area contributed by atoms with Crippen LogP contribution in [0.3, 0.4) is 0 Å². The Morgan fingerprint density at radius 2 is 1.85 bits per heavy atom. The van der Waals surface area contributed by atoms with Crippen molar-refractivity contribution in [2.24, 2.45) is 10.3 Å². The molecule has 1 aliphatic heterocycles. The summed E-state index contributed by atoms with van der Waals surface area (Å²) in [5, 5.41) is 11.0. The van der Waals surface area contributed by atoms with Crippen molar-refractivity contribution in [2.45, 2.75) is 6.04 Å². The average molecular weight is 310 g/mol. The number of nitrogens with zero attached hydrogens (tertiary/aromatic N) is 3. The molecule has 2 aromatic carbocycles. The standard InChI is InChI=1S/C14H10Cl2FN3/c15-9-1-6-12(13(16)7-9)14-8-18-19-20(14)11-4-2-10(17)3-5-11/h1-7,14H,8H2. The summed E-state index contributed by atoms with van der Waals surface area (Å²) in [6, 6.07) is 11.3. The van der Waals surface area contributed by atoms with E-state index < -0.39 is 0 Å². The van der Waals surface area contributed by atoms with Crippen molar-refractivity contribution in [3.8, 4) is 0 Å². The molecule has 1 unspecified atom stereocenters. The lowest BCUT2D eigenvalue weighted by Gasteiger charge is -2.23. The predicted molar refractivity (Wildman–Crippen MR) is 77.8 cm³/mol. The maximum Gasteiger partial charge on any atom is 0.123 e. The van der Waals surface area contributed by atoms with Crippen molar-refractivity contribution < 1.29 is 4.39 Å². The third-order valence-corrected chi connectivity index (χ3v) is 3.68. The van der Waals surface area contributed by atoms with E-state index in [4.69, 9.17) is 23.2 Å². The van der Waals surface area contributed by atoms with Gasteiger partial charge >= 0.3 is 0 Å². The van der Waals surface area contributed by atoms with E-state index in [0.717, 1.165) is 11.3 Å². The lowest BCUT2D eigenvalue weighted by atomic mass is 10.1. The van der Waals surface area contributed by atoms with E-state index in [-0.39, 0.29) is 11.9 Å². The van der Waals surface area contributed by atoms with Gasteiger partial charge in [0.15, 0.2) is 0 Å². The molecule has 1 heterocycles. The van der Waals surface area contributed by atoms with Crippen molar-refractivity contribution in [2.75, 3.05) is 11.6 Å². The molecular weight excluding hydrogens is 300 g/mol. The number of benzene rings is 2. The van der Waals surface area contributed by atoms with Gasteiger partial charge in [0.25, 0.3) is 0 Å². The van der Waals surface area contributed by atoms with Crippen molar-refractivity contribution in [3.05, 3.63) is 63.9 Å². The van der Waals surface area contributed by atoms with E-state index in [1.807, 2.05) is 6.07 Å². The van der Waals surface area contributed by atoms with E-state index >= 15 is 0 Å². The minimum absolute atomic E-state index is 0.106. The largest absolute Gasteiger partial charge is 0.238 e. The van der Waals surface area contributed by atoms with Gasteiger partial charge in [-0.2, -0.15) is 5.11 Å². The number of hydrogen-bond acceptors (Lipinski definition) is 3. The summed E-state index contributed by atoms with van der Waals surface area (Å²) in [6.45, 7) is 0.499. The summed E-state index contributed by atoms with van der Waals surface area (Å²) >= 11 is 12.1. The molecule has 1 aliphatic rings. The molecule has 0 saturated carbocycles. The molecule has 0 radical (unpaired) electrons. The van der Waals surface area contributed by atoms with Crippen LogP contribution in [-0.2, 0) is 0 Å². The molecule has 0 saturated heterocycles. The summed E-state index contributed by atoms with van der Waals surface area (Å²) in [7, 11) is 0. The quantitative estimate of drug-likeness (QED) is 0.762. The molecule has 0 N–H and O–H groups in total. The van der Waals surface area contributed by atoms with E-state index in [9.17, 15) is 4.39 Å². The highest BCUT2D eigenvalue weighted by Crippen LogP contribution is 2.36. The van der Waals surface area contributed by atoms with E-state index in [1.165, 1.54) is 12.1 Å². The van der Waals surface area contributed by atoms with Gasteiger partial charge in [0.1, 0.15) is 11.9 Å². The van der Waals surface area contributed by atoms with Gasteiger partial charge < -0.3 is 0 Å². The first-order valence-electron chi connectivity index (χ1n) is 6.02. The molecule has 3 rings (SSSR count). The zero-order valence-corrected chi connectivity index (χ0v) is 11.8. The SMILES string of the molecule is Fc1ccc(N2N=NCC2c2ccc(Cl)cc2Cl)cc1. The van der Waals surface area contributed by atoms with Gasteiger partial charge in [-0.3, -0.25) is 0 Å². The Labute approximate surface area is 125 Å². The number of rotatable bonds is 2. The molecule has 2 aromatic rings. The van der Waals surface area contributed by atoms with E-state index in [1.54, 1.807) is 29.3 Å². The number of halogens is 3. The second-order valence-corrected chi connectivity index (χ2v) is 5.26. The fraction of sp³-hybridized carbons (Fsp3) is 0.143. The first kappa shape index (κ1) is 13.3. The van der Waals surface area contributed by atoms with Crippen LogP contribution >= 0.6 is 23.2 Å². The Bertz CT molecular complexity index is 658. The zero-order chi connectivity index (χ0) is 14.1. The Hall–Kier alpha value is -1.65. The van der Waals surface area contributed by atoms with Gasteiger partial charge in [-0.25, -0.2) is 9.40 Å². The Morgan fingerprint density at radius 3 is 2.55 bits per heavy atom. The van der Waals surface area contributed by atoms with Gasteiger partial charge in [0, 0.05) is 10.0 Å². The number of hydrogen-bond donors (Lipinski definition) is 0. The van der Waals surface area contributed by atoms with Gasteiger partial charge in [0.05, 0.1) is 12.2 Å². The Kier molecular flexibility index (Phi) is 3.59. The Balaban J connectivity index is 1.95. The van der Waals surface area contributed by atoms with Crippen LogP contribution in [0.15, 0.2) is 52.8 Å². The van der Waals surface area contributed by atoms with Crippen LogP contribution in [0.5, 0.6) is 0 Å². The molecule has 0 bridgehead atoms. The minimum atomic E-state index is -0.286. The highest BCUT2D eigenvalue weighted by atomic mass is 35.5. The van der Waals surface area contributed by atoms with Crippen LogP contribution in [-0.4, -0.2) is 6.54 Å². The molecule has 0 amide bonds. The molecular formula is C14H10Cl2FN3. The molecule has 0 spiro atoms. The monoisotopic (exact) mass is 309 g/mol. The van der Waals surface area contributed by atoms with Crippen LogP contribution in [0.2, 0.25) is 10.0 Å². The second kappa shape index (κ2) is 5.38. The molecule has 102 valence electrons. The topological polar surface area (TPSA) is 28.0 Å². The van der Waals surface area contributed by atoms with Gasteiger partial charge in [-0.1, -0.05) is 34.5 Å². The number of anilines is 1. The first-order valence-corrected chi connectivity index (χ1v) is 6.78. The minimum Gasteiger partial charge on any atom is -0.238 e. The van der Waals surface area contributed by atoms with Gasteiger partial charge in [0.2, 0.25) is 0 Å². The summed E-state index contributed by atoms with van der Waals surface area (Å²) in [5.74, 6) is -0.286. The molecule has 20 heavy (non-hydrogen) atoms. The lowest BCUT2D eigenvalue weighted by molar-refractivity contribution is 0.627. The maximum absolute atomic E-state index is 13.0. The van der Waals surface area contributed by atoms with Crippen molar-refractivity contribution in [1.82, 2.24) is 0 Å². The van der Waals surface area contributed by atoms with Crippen LogP contribution in [0, 0.1) is 5.82 Å². The Morgan fingerprint density at radius 1 is 1.10 bits per heavy atom. The highest BCUT2D eigenvalue weighted by Gasteiger charge is 2.27. The van der Waals surface area contributed by atoms with Crippen molar-refractivity contribution in [1.29, 1.82) is 0 Å². The molecule has 0 aliphatic carbocycles. The third-order valence-electron chi connectivity index (χ3n) is 3.12. The predicted octanol–water partition coefficient (Wildman–Crippen LogP) is 5.06. The summed E-state index contributed by atoms with van der Waals surface area (Å²) < 4.78 is 13.0. The van der Waals surface area contributed by atoms with Gasteiger partial charge in [-0.15, -0.1) is 0 Å². The third kappa shape index (κ3) is 2.49. The lowest BCUT2D eigenvalue weighted by Crippen LogP contribution is -2.20. The van der Waals surface area contributed by atoms with Crippen LogP contribution in [0.1, 0.15) is 11.6 Å². The highest BCUT2D eigenvalue weighted by molar-refractivity contribution is 6.35. The average Bonchev–Trinajstić information content (AvgIpc) is 2.88. The van der Waals surface area contributed by atoms with E-state index in [2.05, 4.69) is 10.3 Å². The molecule has 0 fully saturated rings. The van der Waals surface area contributed by atoms with Crippen molar-refractivity contribution >= 4 is 28.9 Å². The molecule has 6 heteroatoms. The van der Waals surface area contributed by atoms with Crippen LogP contribution < -0.4 is 5.01 Å². The zero-order valence-electron chi connectivity index (χ0n) is 10.3. The van der Waals surface area contributed by atoms with Crippen molar-refractivity contribution in [3.63, 3.8) is 0 Å². The molecule has 1 atom stereocenters. The van der Waals surface area contributed by atoms with Gasteiger partial charge in [-0.05, 0) is 42.0 Å². The maximum atomic E-state index is 13.0. The summed E-state index contributed by atoms with van der Waals surface area (Å²) in [4.78, 5) is 0. The fourth-order valence-electron chi connectivity index (χ4n) is 2.15. The second-order valence-electron chi connectivity index (χ2n) is 4.42. The molecule has 3 nitrogen and oxygen atoms in total. The molecule has 0 aromatic heterocycles. The fourth-order valence-corrected chi connectivity index (χ4v) is 2.68. The van der Waals surface area contributed by atoms with Crippen LogP contribution in [0.25, 0.3) is 0 Å². The smallest absolute Gasteiger partial charge is 0.123 e. The summed E-state index contributed by atoms with van der Waals surface area (Å²) in [5.41, 5.74) is 1.66. The van der Waals surface area contributed by atoms with E-state index in [0.29, 0.717) is 16.6 Å². The normalized spacial score (nSPS) is 17.8.